The topological polar surface area (TPSA) is 54.4 Å². The molecule has 0 aromatic heterocycles. The van der Waals surface area contributed by atoms with Gasteiger partial charge in [0.2, 0.25) is 0 Å². The summed E-state index contributed by atoms with van der Waals surface area (Å²) in [5.74, 6) is 2.80. The van der Waals surface area contributed by atoms with E-state index in [4.69, 9.17) is 5.11 Å². The Hall–Kier alpha value is -1.12. The Balaban J connectivity index is 1.49. The molecule has 4 aliphatic carbocycles. The van der Waals surface area contributed by atoms with Gasteiger partial charge >= 0.3 is 5.97 Å². The number of aliphatic carboxylic acids is 1. The van der Waals surface area contributed by atoms with Gasteiger partial charge in [-0.15, -0.1) is 0 Å². The SMILES string of the molecule is C[C@]12CC/C(=C/CCC(=O)O)CC1CCC1C2CC[C@]2(C)C(=O)CCC12. The third-order valence-electron chi connectivity index (χ3n) is 9.06. The van der Waals surface area contributed by atoms with Crippen LogP contribution in [0.1, 0.15) is 84.5 Å². The van der Waals surface area contributed by atoms with Crippen LogP contribution in [0.4, 0.5) is 0 Å². The van der Waals surface area contributed by atoms with Crippen molar-refractivity contribution in [2.24, 2.45) is 34.5 Å². The minimum absolute atomic E-state index is 0.0130. The number of Topliss-reactive ketones (excluding diaryl/α,β-unsaturated/α-hetero) is 1. The van der Waals surface area contributed by atoms with Crippen molar-refractivity contribution >= 4 is 11.8 Å². The summed E-state index contributed by atoms with van der Waals surface area (Å²) < 4.78 is 0. The molecule has 0 saturated heterocycles. The van der Waals surface area contributed by atoms with Crippen molar-refractivity contribution in [1.29, 1.82) is 0 Å². The van der Waals surface area contributed by atoms with Crippen LogP contribution in [0.5, 0.6) is 0 Å². The van der Waals surface area contributed by atoms with Crippen LogP contribution in [0.15, 0.2) is 11.6 Å². The highest BCUT2D eigenvalue weighted by Crippen LogP contribution is 2.65. The molecule has 4 unspecified atom stereocenters. The van der Waals surface area contributed by atoms with Crippen molar-refractivity contribution in [2.75, 3.05) is 0 Å². The van der Waals surface area contributed by atoms with E-state index < -0.39 is 5.97 Å². The normalized spacial score (nSPS) is 46.5. The number of allylic oxidation sites excluding steroid dienone is 2. The molecule has 0 amide bonds. The molecule has 6 atom stereocenters. The summed E-state index contributed by atoms with van der Waals surface area (Å²) in [6, 6.07) is 0. The lowest BCUT2D eigenvalue weighted by atomic mass is 9.45. The molecule has 4 rings (SSSR count). The number of hydrogen-bond donors (Lipinski definition) is 1. The Bertz CT molecular complexity index is 635. The van der Waals surface area contributed by atoms with E-state index in [9.17, 15) is 9.59 Å². The molecule has 0 aliphatic heterocycles. The average molecular weight is 359 g/mol. The number of carbonyl (C=O) groups excluding carboxylic acids is 1. The highest BCUT2D eigenvalue weighted by atomic mass is 16.4. The van der Waals surface area contributed by atoms with Crippen molar-refractivity contribution in [3.63, 3.8) is 0 Å². The minimum atomic E-state index is -0.695. The van der Waals surface area contributed by atoms with Crippen molar-refractivity contribution in [1.82, 2.24) is 0 Å². The maximum Gasteiger partial charge on any atom is 0.303 e. The molecule has 0 spiro atoms. The molecule has 26 heavy (non-hydrogen) atoms. The lowest BCUT2D eigenvalue weighted by Crippen LogP contribution is -2.53. The highest BCUT2D eigenvalue weighted by Gasteiger charge is 2.59. The zero-order chi connectivity index (χ0) is 18.5. The molecule has 0 radical (unpaired) electrons. The number of carbonyl (C=O) groups is 2. The van der Waals surface area contributed by atoms with Gasteiger partial charge in [0.05, 0.1) is 0 Å². The van der Waals surface area contributed by atoms with Gasteiger partial charge in [-0.2, -0.15) is 0 Å². The van der Waals surface area contributed by atoms with Crippen molar-refractivity contribution in [3.8, 4) is 0 Å². The van der Waals surface area contributed by atoms with Crippen LogP contribution in [0.3, 0.4) is 0 Å². The summed E-state index contributed by atoms with van der Waals surface area (Å²) in [6.45, 7) is 4.81. The number of hydrogen-bond acceptors (Lipinski definition) is 2. The predicted octanol–water partition coefficient (Wildman–Crippen LogP) is 5.39. The Morgan fingerprint density at radius 3 is 2.69 bits per heavy atom. The fourth-order valence-corrected chi connectivity index (χ4v) is 7.46. The molecule has 0 aromatic rings. The second kappa shape index (κ2) is 6.49. The number of fused-ring (bicyclic) bond motifs is 5. The van der Waals surface area contributed by atoms with Gasteiger partial charge in [-0.1, -0.05) is 25.5 Å². The maximum absolute atomic E-state index is 12.5. The molecule has 0 heterocycles. The third-order valence-corrected chi connectivity index (χ3v) is 9.06. The summed E-state index contributed by atoms with van der Waals surface area (Å²) in [7, 11) is 0. The average Bonchev–Trinajstić information content (AvgIpc) is 2.90. The molecular formula is C23H34O3. The van der Waals surface area contributed by atoms with Crippen molar-refractivity contribution in [3.05, 3.63) is 11.6 Å². The number of carboxylic acids is 1. The summed E-state index contributed by atoms with van der Waals surface area (Å²) in [5, 5.41) is 8.86. The fourth-order valence-electron chi connectivity index (χ4n) is 7.46. The van der Waals surface area contributed by atoms with E-state index in [1.54, 1.807) is 0 Å². The zero-order valence-corrected chi connectivity index (χ0v) is 16.4. The van der Waals surface area contributed by atoms with Crippen LogP contribution in [-0.2, 0) is 9.59 Å². The van der Waals surface area contributed by atoms with Crippen LogP contribution in [0.2, 0.25) is 0 Å². The second-order valence-electron chi connectivity index (χ2n) is 10.1. The lowest BCUT2D eigenvalue weighted by molar-refractivity contribution is -0.137. The lowest BCUT2D eigenvalue weighted by Gasteiger charge is -2.59. The van der Waals surface area contributed by atoms with Gasteiger partial charge in [0.1, 0.15) is 5.78 Å². The summed E-state index contributed by atoms with van der Waals surface area (Å²) in [5.41, 5.74) is 1.92. The van der Waals surface area contributed by atoms with Crippen LogP contribution < -0.4 is 0 Å². The first-order valence-electron chi connectivity index (χ1n) is 10.8. The maximum atomic E-state index is 12.5. The molecule has 4 fully saturated rings. The van der Waals surface area contributed by atoms with E-state index in [2.05, 4.69) is 19.9 Å². The number of rotatable bonds is 3. The Morgan fingerprint density at radius 1 is 1.12 bits per heavy atom. The summed E-state index contributed by atoms with van der Waals surface area (Å²) in [4.78, 5) is 23.3. The quantitative estimate of drug-likeness (QED) is 0.688. The molecule has 0 bridgehead atoms. The Kier molecular flexibility index (Phi) is 4.56. The fraction of sp³-hybridized carbons (Fsp3) is 0.826. The number of carboxylic acid groups (broad SMARTS) is 1. The third kappa shape index (κ3) is 2.77. The zero-order valence-electron chi connectivity index (χ0n) is 16.4. The molecule has 3 heteroatoms. The van der Waals surface area contributed by atoms with E-state index >= 15 is 0 Å². The molecule has 1 N–H and O–H groups in total. The Morgan fingerprint density at radius 2 is 1.92 bits per heavy atom. The van der Waals surface area contributed by atoms with E-state index in [0.29, 0.717) is 23.5 Å². The molecule has 4 saturated carbocycles. The van der Waals surface area contributed by atoms with Crippen LogP contribution in [0, 0.1) is 34.5 Å². The van der Waals surface area contributed by atoms with Crippen LogP contribution in [-0.4, -0.2) is 16.9 Å². The first-order chi connectivity index (χ1) is 12.3. The van der Waals surface area contributed by atoms with E-state index in [0.717, 1.165) is 43.4 Å². The minimum Gasteiger partial charge on any atom is -0.481 e. The first-order valence-corrected chi connectivity index (χ1v) is 10.8. The standard InChI is InChI=1S/C23H34O3/c1-22-12-10-15(4-3-5-21(25)26)14-16(22)6-7-17-18-8-9-20(24)23(18,2)13-11-19(17)22/h4,16-19H,3,5-14H2,1-2H3,(H,25,26)/b15-4-/t16?,17?,18?,19?,22-,23-/m0/s1. The van der Waals surface area contributed by atoms with E-state index in [1.807, 2.05) is 0 Å². The van der Waals surface area contributed by atoms with E-state index in [-0.39, 0.29) is 11.8 Å². The second-order valence-corrected chi connectivity index (χ2v) is 10.1. The van der Waals surface area contributed by atoms with Crippen LogP contribution in [0.25, 0.3) is 0 Å². The van der Waals surface area contributed by atoms with Gasteiger partial charge in [-0.3, -0.25) is 9.59 Å². The summed E-state index contributed by atoms with van der Waals surface area (Å²) >= 11 is 0. The van der Waals surface area contributed by atoms with Gasteiger partial charge < -0.3 is 5.11 Å². The summed E-state index contributed by atoms with van der Waals surface area (Å²) in [6.07, 6.45) is 13.7. The van der Waals surface area contributed by atoms with Gasteiger partial charge in [0.15, 0.2) is 0 Å². The monoisotopic (exact) mass is 358 g/mol. The molecule has 0 aromatic carbocycles. The molecule has 144 valence electrons. The van der Waals surface area contributed by atoms with E-state index in [1.165, 1.54) is 37.7 Å². The highest BCUT2D eigenvalue weighted by molar-refractivity contribution is 5.87. The van der Waals surface area contributed by atoms with Gasteiger partial charge in [0, 0.05) is 18.3 Å². The molecular weight excluding hydrogens is 324 g/mol. The number of ketones is 1. The van der Waals surface area contributed by atoms with Gasteiger partial charge in [-0.05, 0) is 86.9 Å². The first kappa shape index (κ1) is 18.3. The van der Waals surface area contributed by atoms with Gasteiger partial charge in [-0.25, -0.2) is 0 Å². The largest absolute Gasteiger partial charge is 0.481 e. The van der Waals surface area contributed by atoms with Crippen LogP contribution >= 0.6 is 0 Å². The van der Waals surface area contributed by atoms with Gasteiger partial charge in [0.25, 0.3) is 0 Å². The Labute approximate surface area is 157 Å². The van der Waals surface area contributed by atoms with Crippen molar-refractivity contribution < 1.29 is 14.7 Å². The predicted molar refractivity (Wildman–Crippen MR) is 102 cm³/mol. The molecule has 4 aliphatic rings. The van der Waals surface area contributed by atoms with Crippen molar-refractivity contribution in [2.45, 2.75) is 84.5 Å². The smallest absolute Gasteiger partial charge is 0.303 e. The molecule has 3 nitrogen and oxygen atoms in total.